The predicted octanol–water partition coefficient (Wildman–Crippen LogP) is 2.61. The summed E-state index contributed by atoms with van der Waals surface area (Å²) in [6.07, 6.45) is 3.25. The third kappa shape index (κ3) is 5.84. The molecule has 3 rings (SSSR count). The standard InChI is InChI=1S/C22H29F3N4O/c1-27(2)13-14-29(21(30)18-5-3-4-6-18)16-20-26-11-12-28(20)15-17-7-9-19(10-8-17)22(23,24)25/h7-12,18H,3-6,13-16H2,1-2H3/p+1. The van der Waals surface area contributed by atoms with Crippen LogP contribution in [0.25, 0.3) is 0 Å². The van der Waals surface area contributed by atoms with Gasteiger partial charge in [0.05, 0.1) is 39.3 Å². The minimum Gasteiger partial charge on any atom is -0.338 e. The molecule has 1 heterocycles. The van der Waals surface area contributed by atoms with E-state index in [4.69, 9.17) is 0 Å². The Labute approximate surface area is 175 Å². The van der Waals surface area contributed by atoms with Crippen molar-refractivity contribution < 1.29 is 22.9 Å². The molecule has 1 aliphatic carbocycles. The molecule has 1 aromatic heterocycles. The van der Waals surface area contributed by atoms with Crippen LogP contribution in [0.3, 0.4) is 0 Å². The van der Waals surface area contributed by atoms with Gasteiger partial charge in [0.1, 0.15) is 5.82 Å². The number of halogens is 3. The Kier molecular flexibility index (Phi) is 7.18. The SMILES string of the molecule is C[NH+](C)CCN(Cc1nccn1Cc1ccc(C(F)(F)F)cc1)C(=O)C1CCCC1. The van der Waals surface area contributed by atoms with Crippen molar-refractivity contribution in [1.82, 2.24) is 14.5 Å². The van der Waals surface area contributed by atoms with E-state index in [2.05, 4.69) is 19.1 Å². The molecule has 164 valence electrons. The average molecular weight is 424 g/mol. The molecule has 0 atom stereocenters. The van der Waals surface area contributed by atoms with Gasteiger partial charge in [0.2, 0.25) is 5.91 Å². The van der Waals surface area contributed by atoms with E-state index in [-0.39, 0.29) is 11.8 Å². The third-order valence-electron chi connectivity index (χ3n) is 5.67. The second-order valence-corrected chi connectivity index (χ2v) is 8.36. The number of nitrogens with zero attached hydrogens (tertiary/aromatic N) is 3. The van der Waals surface area contributed by atoms with Gasteiger partial charge in [0.15, 0.2) is 0 Å². The largest absolute Gasteiger partial charge is 0.416 e. The average Bonchev–Trinajstić information content (AvgIpc) is 3.36. The number of benzene rings is 1. The first-order valence-corrected chi connectivity index (χ1v) is 10.5. The van der Waals surface area contributed by atoms with E-state index in [0.29, 0.717) is 19.6 Å². The van der Waals surface area contributed by atoms with Crippen LogP contribution >= 0.6 is 0 Å². The van der Waals surface area contributed by atoms with Crippen molar-refractivity contribution in [2.75, 3.05) is 27.2 Å². The van der Waals surface area contributed by atoms with Crippen molar-refractivity contribution in [2.24, 2.45) is 5.92 Å². The Morgan fingerprint density at radius 1 is 1.20 bits per heavy atom. The molecule has 0 radical (unpaired) electrons. The highest BCUT2D eigenvalue weighted by atomic mass is 19.4. The highest BCUT2D eigenvalue weighted by molar-refractivity contribution is 5.79. The number of likely N-dealkylation sites (N-methyl/N-ethyl adjacent to an activating group) is 1. The van der Waals surface area contributed by atoms with Crippen molar-refractivity contribution in [3.05, 3.63) is 53.6 Å². The van der Waals surface area contributed by atoms with Gasteiger partial charge >= 0.3 is 6.18 Å². The summed E-state index contributed by atoms with van der Waals surface area (Å²) in [5.74, 6) is 1.04. The molecular formula is C22H30F3N4O+. The van der Waals surface area contributed by atoms with Gasteiger partial charge in [-0.3, -0.25) is 4.79 Å². The number of quaternary nitrogens is 1. The normalized spacial score (nSPS) is 15.1. The third-order valence-corrected chi connectivity index (χ3v) is 5.67. The summed E-state index contributed by atoms with van der Waals surface area (Å²) < 4.78 is 40.3. The van der Waals surface area contributed by atoms with Gasteiger partial charge < -0.3 is 14.4 Å². The smallest absolute Gasteiger partial charge is 0.338 e. The lowest BCUT2D eigenvalue weighted by atomic mass is 10.1. The van der Waals surface area contributed by atoms with E-state index in [1.165, 1.54) is 17.0 Å². The van der Waals surface area contributed by atoms with Gasteiger partial charge in [-0.1, -0.05) is 25.0 Å². The first-order valence-electron chi connectivity index (χ1n) is 10.5. The zero-order valence-electron chi connectivity index (χ0n) is 17.6. The quantitative estimate of drug-likeness (QED) is 0.709. The number of rotatable bonds is 8. The highest BCUT2D eigenvalue weighted by Crippen LogP contribution is 2.29. The number of alkyl halides is 3. The fraction of sp³-hybridized carbons (Fsp3) is 0.545. The first kappa shape index (κ1) is 22.3. The summed E-state index contributed by atoms with van der Waals surface area (Å²) in [4.78, 5) is 20.7. The van der Waals surface area contributed by atoms with Crippen molar-refractivity contribution in [2.45, 2.75) is 44.9 Å². The molecule has 0 spiro atoms. The van der Waals surface area contributed by atoms with E-state index in [1.54, 1.807) is 6.20 Å². The van der Waals surface area contributed by atoms with Crippen LogP contribution in [-0.4, -0.2) is 47.5 Å². The van der Waals surface area contributed by atoms with Crippen LogP contribution in [0.15, 0.2) is 36.7 Å². The molecule has 1 fully saturated rings. The monoisotopic (exact) mass is 423 g/mol. The van der Waals surface area contributed by atoms with Crippen molar-refractivity contribution in [3.63, 3.8) is 0 Å². The summed E-state index contributed by atoms with van der Waals surface area (Å²) in [6.45, 7) is 2.33. The van der Waals surface area contributed by atoms with E-state index < -0.39 is 11.7 Å². The maximum atomic E-state index is 13.1. The first-order chi connectivity index (χ1) is 14.2. The zero-order valence-corrected chi connectivity index (χ0v) is 17.6. The summed E-state index contributed by atoms with van der Waals surface area (Å²) in [5, 5.41) is 0. The van der Waals surface area contributed by atoms with E-state index in [1.807, 2.05) is 15.7 Å². The second-order valence-electron chi connectivity index (χ2n) is 8.36. The van der Waals surface area contributed by atoms with Gasteiger partial charge in [-0.15, -0.1) is 0 Å². The summed E-state index contributed by atoms with van der Waals surface area (Å²) in [6, 6.07) is 5.18. The molecule has 5 nitrogen and oxygen atoms in total. The van der Waals surface area contributed by atoms with Crippen LogP contribution in [0.4, 0.5) is 13.2 Å². The number of aromatic nitrogens is 2. The molecule has 30 heavy (non-hydrogen) atoms. The topological polar surface area (TPSA) is 42.6 Å². The van der Waals surface area contributed by atoms with Gasteiger partial charge in [-0.2, -0.15) is 13.2 Å². The molecule has 1 aromatic carbocycles. The second kappa shape index (κ2) is 9.64. The number of nitrogens with one attached hydrogen (secondary N) is 1. The molecule has 1 saturated carbocycles. The minimum atomic E-state index is -4.34. The lowest BCUT2D eigenvalue weighted by Crippen LogP contribution is -3.06. The molecule has 0 bridgehead atoms. The van der Waals surface area contributed by atoms with Gasteiger partial charge in [0.25, 0.3) is 0 Å². The predicted molar refractivity (Wildman–Crippen MR) is 108 cm³/mol. The molecule has 0 saturated heterocycles. The Morgan fingerprint density at radius 3 is 2.47 bits per heavy atom. The molecule has 8 heteroatoms. The maximum absolute atomic E-state index is 13.1. The number of imidazole rings is 1. The minimum absolute atomic E-state index is 0.0977. The lowest BCUT2D eigenvalue weighted by molar-refractivity contribution is -0.857. The van der Waals surface area contributed by atoms with Crippen LogP contribution in [0.2, 0.25) is 0 Å². The molecule has 2 aromatic rings. The molecule has 0 aliphatic heterocycles. The number of amides is 1. The number of carbonyl (C=O) groups excluding carboxylic acids is 1. The van der Waals surface area contributed by atoms with E-state index in [0.717, 1.165) is 55.7 Å². The van der Waals surface area contributed by atoms with Crippen LogP contribution in [0.5, 0.6) is 0 Å². The molecule has 1 N–H and O–H groups in total. The highest BCUT2D eigenvalue weighted by Gasteiger charge is 2.30. The van der Waals surface area contributed by atoms with Crippen LogP contribution in [0.1, 0.15) is 42.6 Å². The van der Waals surface area contributed by atoms with E-state index >= 15 is 0 Å². The van der Waals surface area contributed by atoms with Crippen molar-refractivity contribution >= 4 is 5.91 Å². The number of hydrogen-bond acceptors (Lipinski definition) is 2. The zero-order chi connectivity index (χ0) is 21.7. The number of carbonyl (C=O) groups is 1. The maximum Gasteiger partial charge on any atom is 0.416 e. The summed E-state index contributed by atoms with van der Waals surface area (Å²) >= 11 is 0. The Morgan fingerprint density at radius 2 is 1.87 bits per heavy atom. The van der Waals surface area contributed by atoms with Crippen molar-refractivity contribution in [3.8, 4) is 0 Å². The van der Waals surface area contributed by atoms with Crippen LogP contribution in [0, 0.1) is 5.92 Å². The molecule has 1 aliphatic rings. The fourth-order valence-corrected chi connectivity index (χ4v) is 3.86. The van der Waals surface area contributed by atoms with Crippen LogP contribution < -0.4 is 4.90 Å². The summed E-state index contributed by atoms with van der Waals surface area (Å²) in [7, 11) is 4.12. The van der Waals surface area contributed by atoms with Gasteiger partial charge in [0, 0.05) is 24.9 Å². The van der Waals surface area contributed by atoms with Crippen molar-refractivity contribution in [1.29, 1.82) is 0 Å². The van der Waals surface area contributed by atoms with Gasteiger partial charge in [-0.05, 0) is 30.5 Å². The van der Waals surface area contributed by atoms with Gasteiger partial charge in [-0.25, -0.2) is 4.98 Å². The molecule has 1 amide bonds. The summed E-state index contributed by atoms with van der Waals surface area (Å²) in [5.41, 5.74) is 0.102. The van der Waals surface area contributed by atoms with E-state index in [9.17, 15) is 18.0 Å². The fourth-order valence-electron chi connectivity index (χ4n) is 3.86. The number of hydrogen-bond donors (Lipinski definition) is 1. The molecule has 0 unspecified atom stereocenters. The van der Waals surface area contributed by atoms with Crippen LogP contribution in [-0.2, 0) is 24.1 Å². The molecular weight excluding hydrogens is 393 g/mol. The Hall–Kier alpha value is -2.35. The Bertz CT molecular complexity index is 824. The lowest BCUT2D eigenvalue weighted by Gasteiger charge is -2.26. The Balaban J connectivity index is 1.71.